The van der Waals surface area contributed by atoms with Gasteiger partial charge >= 0.3 is 0 Å². The van der Waals surface area contributed by atoms with Gasteiger partial charge in [-0.3, -0.25) is 4.57 Å². The molecule has 24 heavy (non-hydrogen) atoms. The van der Waals surface area contributed by atoms with Crippen molar-refractivity contribution in [2.75, 3.05) is 12.3 Å². The summed E-state index contributed by atoms with van der Waals surface area (Å²) in [5.41, 5.74) is 6.49. The SMILES string of the molecule is CC1(C)OC2C(n3cnc4c(N)ncnc43)O[C@@]3(C[C@H]3CO)C2O1. The van der Waals surface area contributed by atoms with Crippen LogP contribution in [0.5, 0.6) is 0 Å². The Hall–Kier alpha value is -1.81. The summed E-state index contributed by atoms with van der Waals surface area (Å²) in [6.07, 6.45) is 2.83. The van der Waals surface area contributed by atoms with Crippen LogP contribution in [-0.2, 0) is 14.2 Å². The van der Waals surface area contributed by atoms with E-state index < -0.39 is 17.6 Å². The topological polar surface area (TPSA) is 118 Å². The van der Waals surface area contributed by atoms with Crippen molar-refractivity contribution in [1.29, 1.82) is 0 Å². The molecule has 0 amide bonds. The van der Waals surface area contributed by atoms with Crippen molar-refractivity contribution in [3.05, 3.63) is 12.7 Å². The van der Waals surface area contributed by atoms with E-state index in [1.165, 1.54) is 6.33 Å². The van der Waals surface area contributed by atoms with Crippen LogP contribution in [0.2, 0.25) is 0 Å². The van der Waals surface area contributed by atoms with Crippen LogP contribution in [0.4, 0.5) is 5.82 Å². The highest BCUT2D eigenvalue weighted by atomic mass is 16.8. The van der Waals surface area contributed by atoms with Gasteiger partial charge in [-0.05, 0) is 20.3 Å². The molecule has 2 aromatic rings. The monoisotopic (exact) mass is 333 g/mol. The molecular weight excluding hydrogens is 314 g/mol. The summed E-state index contributed by atoms with van der Waals surface area (Å²) in [5.74, 6) is -0.314. The smallest absolute Gasteiger partial charge is 0.167 e. The maximum absolute atomic E-state index is 9.57. The molecule has 3 fully saturated rings. The Kier molecular flexibility index (Phi) is 2.68. The van der Waals surface area contributed by atoms with Crippen molar-refractivity contribution in [2.45, 2.75) is 50.1 Å². The van der Waals surface area contributed by atoms with E-state index in [2.05, 4.69) is 15.0 Å². The minimum Gasteiger partial charge on any atom is -0.396 e. The van der Waals surface area contributed by atoms with E-state index in [9.17, 15) is 5.11 Å². The third kappa shape index (κ3) is 1.75. The molecule has 128 valence electrons. The van der Waals surface area contributed by atoms with E-state index in [0.717, 1.165) is 6.42 Å². The lowest BCUT2D eigenvalue weighted by Crippen LogP contribution is -2.33. The summed E-state index contributed by atoms with van der Waals surface area (Å²) < 4.78 is 20.3. The zero-order chi connectivity index (χ0) is 16.7. The second-order valence-corrected chi connectivity index (χ2v) is 7.15. The van der Waals surface area contributed by atoms with Crippen molar-refractivity contribution in [3.63, 3.8) is 0 Å². The first-order chi connectivity index (χ1) is 11.5. The van der Waals surface area contributed by atoms with Crippen molar-refractivity contribution in [1.82, 2.24) is 19.5 Å². The molecule has 2 aromatic heterocycles. The molecule has 9 heteroatoms. The second kappa shape index (κ2) is 4.42. The van der Waals surface area contributed by atoms with Gasteiger partial charge in [0.25, 0.3) is 0 Å². The summed E-state index contributed by atoms with van der Waals surface area (Å²) >= 11 is 0. The molecule has 3 N–H and O–H groups in total. The molecule has 1 spiro atoms. The zero-order valence-electron chi connectivity index (χ0n) is 13.4. The number of aliphatic hydroxyl groups excluding tert-OH is 1. The molecule has 5 rings (SSSR count). The highest BCUT2D eigenvalue weighted by molar-refractivity contribution is 5.81. The van der Waals surface area contributed by atoms with E-state index in [1.54, 1.807) is 6.33 Å². The Morgan fingerprint density at radius 1 is 1.29 bits per heavy atom. The molecule has 1 aliphatic carbocycles. The molecule has 2 saturated heterocycles. The second-order valence-electron chi connectivity index (χ2n) is 7.15. The molecule has 0 radical (unpaired) electrons. The van der Waals surface area contributed by atoms with E-state index in [4.69, 9.17) is 19.9 Å². The Labute approximate surface area is 137 Å². The summed E-state index contributed by atoms with van der Waals surface area (Å²) in [5, 5.41) is 9.57. The van der Waals surface area contributed by atoms with E-state index in [-0.39, 0.29) is 24.7 Å². The number of rotatable bonds is 2. The minimum absolute atomic E-state index is 0.0574. The molecule has 1 saturated carbocycles. The number of nitrogens with two attached hydrogens (primary N) is 1. The first-order valence-corrected chi connectivity index (χ1v) is 8.02. The van der Waals surface area contributed by atoms with E-state index in [1.807, 2.05) is 18.4 Å². The number of ether oxygens (including phenoxy) is 3. The minimum atomic E-state index is -0.697. The summed E-state index contributed by atoms with van der Waals surface area (Å²) in [7, 11) is 0. The Bertz CT molecular complexity index is 823. The van der Waals surface area contributed by atoms with Crippen LogP contribution in [0.25, 0.3) is 11.2 Å². The Balaban J connectivity index is 1.59. The van der Waals surface area contributed by atoms with Gasteiger partial charge in [0.05, 0.1) is 6.33 Å². The van der Waals surface area contributed by atoms with Crippen molar-refractivity contribution >= 4 is 17.0 Å². The average Bonchev–Trinajstić information content (AvgIpc) is 2.78. The maximum Gasteiger partial charge on any atom is 0.167 e. The molecule has 4 heterocycles. The van der Waals surface area contributed by atoms with Crippen LogP contribution < -0.4 is 5.73 Å². The number of imidazole rings is 1. The first-order valence-electron chi connectivity index (χ1n) is 8.02. The van der Waals surface area contributed by atoms with Crippen LogP contribution in [-0.4, -0.2) is 54.8 Å². The standard InChI is InChI=1S/C15H19N5O4/c1-14(2)22-9-10(23-14)15(3-7(15)4-21)24-13(9)20-6-19-8-11(16)17-5-18-12(8)20/h5-7,9-10,13,21H,3-4H2,1-2H3,(H2,16,17,18)/t7-,9?,10?,13?,15+/m0/s1. The van der Waals surface area contributed by atoms with Crippen LogP contribution in [0, 0.1) is 5.92 Å². The molecular formula is C15H19N5O4. The molecule has 3 unspecified atom stereocenters. The molecule has 3 aliphatic rings. The molecule has 5 atom stereocenters. The van der Waals surface area contributed by atoms with Crippen LogP contribution >= 0.6 is 0 Å². The predicted octanol–water partition coefficient (Wildman–Crippen LogP) is 0.208. The fraction of sp³-hybridized carbons (Fsp3) is 0.667. The van der Waals surface area contributed by atoms with Crippen molar-refractivity contribution < 1.29 is 19.3 Å². The van der Waals surface area contributed by atoms with Crippen molar-refractivity contribution in [3.8, 4) is 0 Å². The normalized spacial score (nSPS) is 39.6. The number of anilines is 1. The lowest BCUT2D eigenvalue weighted by Gasteiger charge is -2.25. The number of aliphatic hydroxyl groups is 1. The first kappa shape index (κ1) is 14.5. The third-order valence-electron chi connectivity index (χ3n) is 5.21. The van der Waals surface area contributed by atoms with Crippen molar-refractivity contribution in [2.24, 2.45) is 5.92 Å². The number of fused-ring (bicyclic) bond motifs is 3. The highest BCUT2D eigenvalue weighted by Gasteiger charge is 2.73. The maximum atomic E-state index is 9.57. The summed E-state index contributed by atoms with van der Waals surface area (Å²) in [4.78, 5) is 12.6. The lowest BCUT2D eigenvalue weighted by atomic mass is 10.1. The fourth-order valence-electron chi connectivity index (χ4n) is 4.04. The van der Waals surface area contributed by atoms with Gasteiger partial charge in [-0.25, -0.2) is 15.0 Å². The number of nitrogens with zero attached hydrogens (tertiary/aromatic N) is 4. The molecule has 0 aromatic carbocycles. The highest BCUT2D eigenvalue weighted by Crippen LogP contribution is 2.62. The quantitative estimate of drug-likeness (QED) is 0.801. The molecule has 9 nitrogen and oxygen atoms in total. The largest absolute Gasteiger partial charge is 0.396 e. The van der Waals surface area contributed by atoms with Gasteiger partial charge in [0.2, 0.25) is 0 Å². The Morgan fingerprint density at radius 3 is 2.88 bits per heavy atom. The number of nitrogen functional groups attached to an aromatic ring is 1. The van der Waals surface area contributed by atoms with Gasteiger partial charge in [0.1, 0.15) is 29.7 Å². The number of hydrogen-bond donors (Lipinski definition) is 2. The van der Waals surface area contributed by atoms with Crippen LogP contribution in [0.15, 0.2) is 12.7 Å². The van der Waals surface area contributed by atoms with Gasteiger partial charge in [0.15, 0.2) is 23.5 Å². The third-order valence-corrected chi connectivity index (χ3v) is 5.21. The Morgan fingerprint density at radius 2 is 2.12 bits per heavy atom. The lowest BCUT2D eigenvalue weighted by molar-refractivity contribution is -0.204. The van der Waals surface area contributed by atoms with E-state index >= 15 is 0 Å². The number of hydrogen-bond acceptors (Lipinski definition) is 8. The average molecular weight is 333 g/mol. The van der Waals surface area contributed by atoms with Gasteiger partial charge < -0.3 is 25.1 Å². The summed E-state index contributed by atoms with van der Waals surface area (Å²) in [6, 6.07) is 0. The molecule has 2 aliphatic heterocycles. The van der Waals surface area contributed by atoms with Gasteiger partial charge in [-0.1, -0.05) is 0 Å². The number of aromatic nitrogens is 4. The zero-order valence-corrected chi connectivity index (χ0v) is 13.4. The van der Waals surface area contributed by atoms with Gasteiger partial charge in [0, 0.05) is 12.5 Å². The molecule has 0 bridgehead atoms. The predicted molar refractivity (Wildman–Crippen MR) is 81.6 cm³/mol. The van der Waals surface area contributed by atoms with E-state index in [0.29, 0.717) is 17.0 Å². The van der Waals surface area contributed by atoms with Gasteiger partial charge in [-0.15, -0.1) is 0 Å². The van der Waals surface area contributed by atoms with Crippen LogP contribution in [0.1, 0.15) is 26.5 Å². The van der Waals surface area contributed by atoms with Crippen LogP contribution in [0.3, 0.4) is 0 Å². The van der Waals surface area contributed by atoms with Gasteiger partial charge in [-0.2, -0.15) is 0 Å². The fourth-order valence-corrected chi connectivity index (χ4v) is 4.04. The summed E-state index contributed by atoms with van der Waals surface area (Å²) in [6.45, 7) is 3.84.